The van der Waals surface area contributed by atoms with Crippen molar-refractivity contribution in [1.82, 2.24) is 0 Å². The fraction of sp³-hybridized carbons (Fsp3) is 0.667. The van der Waals surface area contributed by atoms with Gasteiger partial charge < -0.3 is 0 Å². The standard InChI is InChI=1S/C6H8Cl2O2S.C6H9ClO2S.C6H8O2S.C5H8O2S.C5H8.2CH4.O2S/c1-5-3-11(9,10)2-4(5)6(5,7)8;1-6-3-10(8,9)2-4(6)5(6)7;1-6-3-2-4-9(7,8)5-6;1-5-2-3-8(6,7)4-5;1-4-5(2)3;;;1-3-2/h4H,2-3H2,1H3;4-5H,2-3H2,1H3;2-3,5H,4H2,1H3;2H,3-4H2,1H3;4H,1-2H2,3H3;2*1H4;. The van der Waals surface area contributed by atoms with Gasteiger partial charge in [-0.1, -0.05) is 77.3 Å². The van der Waals surface area contributed by atoms with Crippen molar-refractivity contribution in [2.45, 2.75) is 59.2 Å². The molecular formula is C30H49Cl3O10S5. The van der Waals surface area contributed by atoms with Crippen LogP contribution in [0.2, 0.25) is 0 Å². The molecule has 0 bridgehead atoms. The van der Waals surface area contributed by atoms with Crippen molar-refractivity contribution in [3.05, 3.63) is 59.6 Å². The molecule has 0 spiro atoms. The fourth-order valence-corrected chi connectivity index (χ4v) is 15.0. The summed E-state index contributed by atoms with van der Waals surface area (Å²) in [6, 6.07) is 0. The highest BCUT2D eigenvalue weighted by Crippen LogP contribution is 2.72. The second kappa shape index (κ2) is 18.1. The Morgan fingerprint density at radius 3 is 1.60 bits per heavy atom. The zero-order valence-electron chi connectivity index (χ0n) is 26.2. The van der Waals surface area contributed by atoms with Crippen molar-refractivity contribution < 1.29 is 42.1 Å². The zero-order valence-corrected chi connectivity index (χ0v) is 32.6. The normalized spacial score (nSPS) is 32.8. The quantitative estimate of drug-likeness (QED) is 0.188. The van der Waals surface area contributed by atoms with Gasteiger partial charge in [0, 0.05) is 27.5 Å². The first-order valence-corrected chi connectivity index (χ1v) is 22.7. The van der Waals surface area contributed by atoms with Gasteiger partial charge in [0.1, 0.15) is 4.33 Å². The predicted octanol–water partition coefficient (Wildman–Crippen LogP) is 5.47. The van der Waals surface area contributed by atoms with Crippen LogP contribution in [0.5, 0.6) is 0 Å². The van der Waals surface area contributed by atoms with E-state index in [1.807, 2.05) is 27.7 Å². The van der Waals surface area contributed by atoms with E-state index in [-0.39, 0.29) is 71.7 Å². The second-order valence-electron chi connectivity index (χ2n) is 12.5. The lowest BCUT2D eigenvalue weighted by Crippen LogP contribution is -2.18. The number of halogens is 3. The molecule has 0 aromatic rings. The SMILES string of the molecule is C.C.C=CC(=C)C.CC12CS(=O)(=O)CC1C2(Cl)Cl.CC12CS(=O)(=O)CC1C2Cl.CC1=CCS(=O)(=O)C1.CC1=CS(=O)(=O)CC=C1.O=S=O. The van der Waals surface area contributed by atoms with Crippen molar-refractivity contribution in [2.24, 2.45) is 22.7 Å². The van der Waals surface area contributed by atoms with E-state index < -0.39 is 55.3 Å². The number of allylic oxidation sites excluding steroid dienone is 4. The lowest BCUT2D eigenvalue weighted by atomic mass is 10.1. The first-order valence-electron chi connectivity index (χ1n) is 13.7. The van der Waals surface area contributed by atoms with Crippen molar-refractivity contribution in [3.63, 3.8) is 0 Å². The summed E-state index contributed by atoms with van der Waals surface area (Å²) in [6.07, 6.45) is 6.95. The van der Waals surface area contributed by atoms with Gasteiger partial charge in [-0.25, -0.2) is 33.7 Å². The number of hydrogen-bond acceptors (Lipinski definition) is 10. The third kappa shape index (κ3) is 14.1. The van der Waals surface area contributed by atoms with Crippen LogP contribution in [0.1, 0.15) is 49.5 Å². The molecular weight excluding hydrogens is 787 g/mol. The Bertz CT molecular complexity index is 1760. The smallest absolute Gasteiger partial charge is 0.229 e. The maximum atomic E-state index is 11.0. The number of alkyl halides is 3. The topological polar surface area (TPSA) is 171 Å². The summed E-state index contributed by atoms with van der Waals surface area (Å²) in [4.78, 5) is 0. The molecule has 0 N–H and O–H groups in total. The average molecular weight is 836 g/mol. The van der Waals surface area contributed by atoms with Crippen LogP contribution < -0.4 is 0 Å². The van der Waals surface area contributed by atoms with E-state index in [9.17, 15) is 33.7 Å². The van der Waals surface area contributed by atoms with Crippen molar-refractivity contribution in [1.29, 1.82) is 0 Å². The molecule has 0 radical (unpaired) electrons. The number of rotatable bonds is 1. The van der Waals surface area contributed by atoms with Gasteiger partial charge in [0.25, 0.3) is 0 Å². The van der Waals surface area contributed by atoms with Gasteiger partial charge >= 0.3 is 11.6 Å². The molecule has 0 amide bonds. The van der Waals surface area contributed by atoms with Crippen LogP contribution in [0, 0.1) is 22.7 Å². The molecule has 2 saturated carbocycles. The average Bonchev–Trinajstić information content (AvgIpc) is 3.24. The molecule has 280 valence electrons. The summed E-state index contributed by atoms with van der Waals surface area (Å²) < 4.78 is 102. The first-order chi connectivity index (χ1) is 20.6. The summed E-state index contributed by atoms with van der Waals surface area (Å²) in [5.74, 6) is 1.82. The summed E-state index contributed by atoms with van der Waals surface area (Å²) in [5, 5.41) is 1.42. The van der Waals surface area contributed by atoms with E-state index in [4.69, 9.17) is 43.2 Å². The van der Waals surface area contributed by atoms with Gasteiger partial charge in [0.2, 0.25) is 0 Å². The van der Waals surface area contributed by atoms with Gasteiger partial charge in [-0.2, -0.15) is 8.42 Å². The Kier molecular flexibility index (Phi) is 18.6. The van der Waals surface area contributed by atoms with E-state index in [0.717, 1.165) is 16.7 Å². The highest BCUT2D eigenvalue weighted by Gasteiger charge is 2.78. The summed E-state index contributed by atoms with van der Waals surface area (Å²) >= 11 is 16.9. The Morgan fingerprint density at radius 1 is 0.917 bits per heavy atom. The minimum absolute atomic E-state index is 0. The van der Waals surface area contributed by atoms with E-state index >= 15 is 0 Å². The molecule has 2 aliphatic carbocycles. The minimum Gasteiger partial charge on any atom is -0.229 e. The monoisotopic (exact) mass is 834 g/mol. The summed E-state index contributed by atoms with van der Waals surface area (Å²) in [6.45, 7) is 16.3. The largest absolute Gasteiger partial charge is 0.335 e. The number of hydrogen-bond donors (Lipinski definition) is 0. The lowest BCUT2D eigenvalue weighted by molar-refractivity contribution is 0.580. The highest BCUT2D eigenvalue weighted by atomic mass is 35.5. The van der Waals surface area contributed by atoms with Crippen LogP contribution in [0.4, 0.5) is 0 Å². The molecule has 5 atom stereocenters. The van der Waals surface area contributed by atoms with Crippen LogP contribution in [0.25, 0.3) is 0 Å². The van der Waals surface area contributed by atoms with Crippen LogP contribution in [-0.2, 0) is 50.9 Å². The lowest BCUT2D eigenvalue weighted by Gasteiger charge is -2.08. The first kappa shape index (κ1) is 49.3. The molecule has 5 unspecified atom stereocenters. The van der Waals surface area contributed by atoms with Gasteiger partial charge in [-0.3, -0.25) is 0 Å². The maximum absolute atomic E-state index is 11.0. The van der Waals surface area contributed by atoms with Crippen molar-refractivity contribution in [2.75, 3.05) is 40.3 Å². The Labute approximate surface area is 307 Å². The van der Waals surface area contributed by atoms with Gasteiger partial charge in [0.15, 0.2) is 39.3 Å². The van der Waals surface area contributed by atoms with E-state index in [2.05, 4.69) is 13.2 Å². The molecule has 48 heavy (non-hydrogen) atoms. The van der Waals surface area contributed by atoms with Crippen molar-refractivity contribution >= 4 is 85.7 Å². The third-order valence-electron chi connectivity index (χ3n) is 8.07. The summed E-state index contributed by atoms with van der Waals surface area (Å²) in [5.41, 5.74) is 2.37. The number of sulfone groups is 4. The Balaban J connectivity index is 0. The molecule has 2 saturated heterocycles. The molecule has 4 fully saturated rings. The molecule has 0 aromatic heterocycles. The van der Waals surface area contributed by atoms with Crippen molar-refractivity contribution in [3.8, 4) is 0 Å². The Hall–Kier alpha value is -0.810. The second-order valence-corrected chi connectivity index (χ2v) is 22.7. The number of fused-ring (bicyclic) bond motifs is 2. The molecule has 4 heterocycles. The van der Waals surface area contributed by atoms with Gasteiger partial charge in [-0.15, -0.1) is 34.8 Å². The molecule has 18 heteroatoms. The van der Waals surface area contributed by atoms with Gasteiger partial charge in [-0.05, 0) is 32.3 Å². The van der Waals surface area contributed by atoms with E-state index in [1.165, 1.54) is 5.41 Å². The van der Waals surface area contributed by atoms with E-state index in [0.29, 0.717) is 11.5 Å². The van der Waals surface area contributed by atoms with Crippen LogP contribution >= 0.6 is 34.8 Å². The Morgan fingerprint density at radius 2 is 1.40 bits per heavy atom. The minimum atomic E-state index is -2.88. The zero-order chi connectivity index (χ0) is 36.2. The predicted molar refractivity (Wildman–Crippen MR) is 201 cm³/mol. The maximum Gasteiger partial charge on any atom is 0.335 e. The highest BCUT2D eigenvalue weighted by molar-refractivity contribution is 7.94. The van der Waals surface area contributed by atoms with Crippen LogP contribution in [-0.4, -0.2) is 92.1 Å². The van der Waals surface area contributed by atoms with E-state index in [1.54, 1.807) is 31.2 Å². The van der Waals surface area contributed by atoms with Crippen LogP contribution in [0.15, 0.2) is 59.6 Å². The molecule has 0 aromatic carbocycles. The third-order valence-corrected chi connectivity index (χ3v) is 17.0. The summed E-state index contributed by atoms with van der Waals surface area (Å²) in [7, 11) is -11.1. The van der Waals surface area contributed by atoms with Gasteiger partial charge in [0.05, 0.1) is 40.3 Å². The molecule has 6 rings (SSSR count). The molecule has 4 aliphatic heterocycles. The van der Waals surface area contributed by atoms with Crippen LogP contribution in [0.3, 0.4) is 0 Å². The molecule has 10 nitrogen and oxygen atoms in total. The fourth-order valence-electron chi connectivity index (χ4n) is 5.27. The molecule has 6 aliphatic rings.